The molecule has 2 N–H and O–H groups in total. The van der Waals surface area contributed by atoms with Crippen LogP contribution in [0.5, 0.6) is 5.75 Å². The maximum atomic E-state index is 12.8. The molecule has 4 rings (SSSR count). The largest absolute Gasteiger partial charge is 0.423 e. The van der Waals surface area contributed by atoms with E-state index in [0.717, 1.165) is 16.3 Å². The number of pyridine rings is 1. The van der Waals surface area contributed by atoms with E-state index >= 15 is 0 Å². The highest BCUT2D eigenvalue weighted by atomic mass is 16.5. The smallest absolute Gasteiger partial charge is 0.344 e. The molecule has 1 aromatic heterocycles. The number of aliphatic hydroxyl groups excluding tert-OH is 1. The Balaban J connectivity index is 1.32. The SMILES string of the molecule is O=C(CCCc1cccc(OC(=O)c2cccc3ccccc23)c1)Nc1ccc(CO)nc1. The summed E-state index contributed by atoms with van der Waals surface area (Å²) in [4.78, 5) is 29.0. The lowest BCUT2D eigenvalue weighted by Gasteiger charge is -2.09. The molecule has 0 spiro atoms. The molecule has 0 aliphatic heterocycles. The van der Waals surface area contributed by atoms with Crippen LogP contribution in [0.2, 0.25) is 0 Å². The minimum atomic E-state index is -0.399. The summed E-state index contributed by atoms with van der Waals surface area (Å²) < 4.78 is 5.63. The predicted octanol–water partition coefficient (Wildman–Crippen LogP) is 4.91. The number of benzene rings is 3. The van der Waals surface area contributed by atoms with Gasteiger partial charge in [0.25, 0.3) is 0 Å². The Bertz CT molecular complexity index is 1260. The van der Waals surface area contributed by atoms with Crippen molar-refractivity contribution in [3.8, 4) is 5.75 Å². The van der Waals surface area contributed by atoms with Crippen LogP contribution in [-0.2, 0) is 17.8 Å². The number of carbonyl (C=O) groups is 2. The summed E-state index contributed by atoms with van der Waals surface area (Å²) in [6, 6.07) is 24.0. The molecule has 0 radical (unpaired) electrons. The third kappa shape index (κ3) is 5.81. The fraction of sp³-hybridized carbons (Fsp3) is 0.148. The van der Waals surface area contributed by atoms with Crippen LogP contribution in [0.4, 0.5) is 5.69 Å². The number of nitrogens with one attached hydrogen (secondary N) is 1. The molecular weight excluding hydrogens is 416 g/mol. The molecule has 0 fully saturated rings. The molecule has 0 saturated heterocycles. The second kappa shape index (κ2) is 10.5. The number of rotatable bonds is 8. The quantitative estimate of drug-likeness (QED) is 0.300. The number of aromatic nitrogens is 1. The third-order valence-corrected chi connectivity index (χ3v) is 5.26. The van der Waals surface area contributed by atoms with E-state index in [9.17, 15) is 9.59 Å². The van der Waals surface area contributed by atoms with Crippen molar-refractivity contribution in [2.75, 3.05) is 5.32 Å². The zero-order valence-corrected chi connectivity index (χ0v) is 18.0. The van der Waals surface area contributed by atoms with Gasteiger partial charge in [-0.3, -0.25) is 9.78 Å². The van der Waals surface area contributed by atoms with Crippen LogP contribution in [0, 0.1) is 0 Å². The van der Waals surface area contributed by atoms with Gasteiger partial charge in [0, 0.05) is 6.42 Å². The minimum absolute atomic E-state index is 0.105. The lowest BCUT2D eigenvalue weighted by atomic mass is 10.0. The molecule has 1 amide bonds. The van der Waals surface area contributed by atoms with Crippen LogP contribution in [0.3, 0.4) is 0 Å². The van der Waals surface area contributed by atoms with Crippen LogP contribution in [0.1, 0.15) is 34.5 Å². The lowest BCUT2D eigenvalue weighted by Crippen LogP contribution is -2.12. The number of ether oxygens (including phenoxy) is 1. The zero-order valence-electron chi connectivity index (χ0n) is 18.0. The molecule has 1 heterocycles. The van der Waals surface area contributed by atoms with Crippen molar-refractivity contribution in [1.29, 1.82) is 0 Å². The number of hydrogen-bond donors (Lipinski definition) is 2. The highest BCUT2D eigenvalue weighted by Gasteiger charge is 2.12. The first kappa shape index (κ1) is 22.2. The van der Waals surface area contributed by atoms with Crippen molar-refractivity contribution in [2.45, 2.75) is 25.9 Å². The van der Waals surface area contributed by atoms with Gasteiger partial charge in [0.05, 0.1) is 29.7 Å². The number of esters is 1. The first-order valence-electron chi connectivity index (χ1n) is 10.8. The Morgan fingerprint density at radius 2 is 1.76 bits per heavy atom. The highest BCUT2D eigenvalue weighted by Crippen LogP contribution is 2.22. The van der Waals surface area contributed by atoms with Gasteiger partial charge in [0.2, 0.25) is 5.91 Å². The van der Waals surface area contributed by atoms with Crippen molar-refractivity contribution in [1.82, 2.24) is 4.98 Å². The number of amides is 1. The molecular formula is C27H24N2O4. The Labute approximate surface area is 191 Å². The van der Waals surface area contributed by atoms with Gasteiger partial charge in [0.1, 0.15) is 5.75 Å². The number of nitrogens with zero attached hydrogens (tertiary/aromatic N) is 1. The van der Waals surface area contributed by atoms with Gasteiger partial charge in [0.15, 0.2) is 0 Å². The van der Waals surface area contributed by atoms with E-state index in [2.05, 4.69) is 10.3 Å². The second-order valence-corrected chi connectivity index (χ2v) is 7.66. The molecule has 0 atom stereocenters. The maximum absolute atomic E-state index is 12.8. The summed E-state index contributed by atoms with van der Waals surface area (Å²) in [5, 5.41) is 13.7. The first-order valence-corrected chi connectivity index (χ1v) is 10.8. The maximum Gasteiger partial charge on any atom is 0.344 e. The molecule has 166 valence electrons. The van der Waals surface area contributed by atoms with Crippen molar-refractivity contribution in [3.63, 3.8) is 0 Å². The summed E-state index contributed by atoms with van der Waals surface area (Å²) >= 11 is 0. The van der Waals surface area contributed by atoms with E-state index in [1.54, 1.807) is 24.3 Å². The fourth-order valence-electron chi connectivity index (χ4n) is 3.60. The average Bonchev–Trinajstić information content (AvgIpc) is 2.84. The van der Waals surface area contributed by atoms with Crippen LogP contribution in [0.15, 0.2) is 85.1 Å². The molecule has 0 saturated carbocycles. The molecule has 0 aliphatic carbocycles. The molecule has 33 heavy (non-hydrogen) atoms. The van der Waals surface area contributed by atoms with Crippen molar-refractivity contribution < 1.29 is 19.4 Å². The number of hydrogen-bond acceptors (Lipinski definition) is 5. The molecule has 0 bridgehead atoms. The summed E-state index contributed by atoms with van der Waals surface area (Å²) in [6.45, 7) is -0.134. The Morgan fingerprint density at radius 1 is 0.939 bits per heavy atom. The number of aryl methyl sites for hydroxylation is 1. The van der Waals surface area contributed by atoms with E-state index in [0.29, 0.717) is 42.0 Å². The highest BCUT2D eigenvalue weighted by molar-refractivity contribution is 6.05. The van der Waals surface area contributed by atoms with Crippen LogP contribution >= 0.6 is 0 Å². The van der Waals surface area contributed by atoms with E-state index < -0.39 is 5.97 Å². The average molecular weight is 440 g/mol. The van der Waals surface area contributed by atoms with Crippen LogP contribution in [-0.4, -0.2) is 22.0 Å². The summed E-state index contributed by atoms with van der Waals surface area (Å²) in [5.41, 5.74) is 2.66. The minimum Gasteiger partial charge on any atom is -0.423 e. The van der Waals surface area contributed by atoms with E-state index in [1.807, 2.05) is 54.6 Å². The zero-order chi connectivity index (χ0) is 23.0. The third-order valence-electron chi connectivity index (χ3n) is 5.26. The first-order chi connectivity index (χ1) is 16.1. The van der Waals surface area contributed by atoms with Crippen LogP contribution < -0.4 is 10.1 Å². The molecule has 4 aromatic rings. The summed E-state index contributed by atoms with van der Waals surface area (Å²) in [7, 11) is 0. The predicted molar refractivity (Wildman–Crippen MR) is 127 cm³/mol. The Hall–Kier alpha value is -4.03. The van der Waals surface area contributed by atoms with Crippen molar-refractivity contribution >= 4 is 28.3 Å². The van der Waals surface area contributed by atoms with Gasteiger partial charge in [-0.05, 0) is 59.5 Å². The van der Waals surface area contributed by atoms with Gasteiger partial charge >= 0.3 is 5.97 Å². The van der Waals surface area contributed by atoms with E-state index in [1.165, 1.54) is 6.20 Å². The number of anilines is 1. The van der Waals surface area contributed by atoms with Crippen molar-refractivity contribution in [2.24, 2.45) is 0 Å². The van der Waals surface area contributed by atoms with Gasteiger partial charge in [-0.1, -0.05) is 48.5 Å². The fourth-order valence-corrected chi connectivity index (χ4v) is 3.60. The molecule has 6 heteroatoms. The number of fused-ring (bicyclic) bond motifs is 1. The van der Waals surface area contributed by atoms with Crippen molar-refractivity contribution in [3.05, 3.63) is 102 Å². The Morgan fingerprint density at radius 3 is 2.58 bits per heavy atom. The monoisotopic (exact) mass is 440 g/mol. The summed E-state index contributed by atoms with van der Waals surface area (Å²) in [5.74, 6) is -0.0267. The van der Waals surface area contributed by atoms with Gasteiger partial charge in [-0.15, -0.1) is 0 Å². The van der Waals surface area contributed by atoms with E-state index in [4.69, 9.17) is 9.84 Å². The number of carbonyl (C=O) groups excluding carboxylic acids is 2. The topological polar surface area (TPSA) is 88.5 Å². The molecule has 3 aromatic carbocycles. The second-order valence-electron chi connectivity index (χ2n) is 7.66. The Kier molecular flexibility index (Phi) is 7.07. The molecule has 6 nitrogen and oxygen atoms in total. The molecule has 0 unspecified atom stereocenters. The van der Waals surface area contributed by atoms with Gasteiger partial charge in [-0.2, -0.15) is 0 Å². The standard InChI is InChI=1S/C27H24N2O4/c30-18-22-15-14-21(17-28-22)29-26(31)13-4-7-19-6-3-10-23(16-19)33-27(32)25-12-5-9-20-8-1-2-11-24(20)25/h1-3,5-6,8-12,14-17,30H,4,7,13,18H2,(H,29,31). The van der Waals surface area contributed by atoms with Gasteiger partial charge in [-0.25, -0.2) is 4.79 Å². The van der Waals surface area contributed by atoms with Crippen LogP contribution in [0.25, 0.3) is 10.8 Å². The summed E-state index contributed by atoms with van der Waals surface area (Å²) in [6.07, 6.45) is 3.20. The molecule has 0 aliphatic rings. The number of aliphatic hydroxyl groups is 1. The lowest BCUT2D eigenvalue weighted by molar-refractivity contribution is -0.116. The van der Waals surface area contributed by atoms with E-state index in [-0.39, 0.29) is 12.5 Å². The normalized spacial score (nSPS) is 10.7. The van der Waals surface area contributed by atoms with Gasteiger partial charge < -0.3 is 15.2 Å².